The number of hydrogen-bond donors (Lipinski definition) is 1. The summed E-state index contributed by atoms with van der Waals surface area (Å²) >= 11 is 0. The molecule has 6 heteroatoms. The van der Waals surface area contributed by atoms with Crippen molar-refractivity contribution in [2.24, 2.45) is 0 Å². The monoisotopic (exact) mass is 224 g/mol. The molecule has 1 aromatic heterocycles. The molecule has 16 heavy (non-hydrogen) atoms. The maximum Gasteiger partial charge on any atom is 0.331 e. The lowest BCUT2D eigenvalue weighted by atomic mass is 10.0. The molecule has 6 nitrogen and oxygen atoms in total. The van der Waals surface area contributed by atoms with Gasteiger partial charge in [-0.25, -0.2) is 9.48 Å². The highest BCUT2D eigenvalue weighted by molar-refractivity contribution is 5.75. The second kappa shape index (κ2) is 3.84. The Balaban J connectivity index is 2.35. The van der Waals surface area contributed by atoms with Gasteiger partial charge in [-0.05, 0) is 37.1 Å². The molecular formula is C10H16N4O2. The van der Waals surface area contributed by atoms with Crippen molar-refractivity contribution in [3.63, 3.8) is 0 Å². The first-order chi connectivity index (χ1) is 7.53. The molecule has 1 aliphatic rings. The molecule has 0 unspecified atom stereocenters. The Morgan fingerprint density at radius 2 is 2.06 bits per heavy atom. The van der Waals surface area contributed by atoms with Crippen molar-refractivity contribution >= 4 is 5.97 Å². The molecule has 1 fully saturated rings. The third-order valence-corrected chi connectivity index (χ3v) is 3.27. The van der Waals surface area contributed by atoms with E-state index in [0.29, 0.717) is 11.7 Å². The van der Waals surface area contributed by atoms with Crippen molar-refractivity contribution in [2.75, 3.05) is 0 Å². The molecule has 0 bridgehead atoms. The molecule has 1 N–H and O–H groups in total. The van der Waals surface area contributed by atoms with Gasteiger partial charge in [-0.2, -0.15) is 0 Å². The van der Waals surface area contributed by atoms with Gasteiger partial charge in [0.2, 0.25) is 0 Å². The molecule has 0 aliphatic heterocycles. The van der Waals surface area contributed by atoms with Crippen molar-refractivity contribution in [1.82, 2.24) is 20.2 Å². The van der Waals surface area contributed by atoms with Crippen molar-refractivity contribution in [3.05, 3.63) is 5.82 Å². The third-order valence-electron chi connectivity index (χ3n) is 3.27. The van der Waals surface area contributed by atoms with E-state index in [2.05, 4.69) is 15.5 Å². The first-order valence-corrected chi connectivity index (χ1v) is 5.55. The predicted octanol–water partition coefficient (Wildman–Crippen LogP) is 1.15. The second-order valence-electron chi connectivity index (χ2n) is 4.79. The van der Waals surface area contributed by atoms with E-state index in [9.17, 15) is 4.79 Å². The van der Waals surface area contributed by atoms with Crippen LogP contribution in [-0.4, -0.2) is 31.3 Å². The molecule has 0 atom stereocenters. The lowest BCUT2D eigenvalue weighted by Crippen LogP contribution is -2.38. The number of aliphatic carboxylic acids is 1. The Bertz CT molecular complexity index is 393. The van der Waals surface area contributed by atoms with Crippen molar-refractivity contribution in [2.45, 2.75) is 51.0 Å². The topological polar surface area (TPSA) is 80.9 Å². The number of aromatic nitrogens is 4. The summed E-state index contributed by atoms with van der Waals surface area (Å²) in [7, 11) is 0. The fourth-order valence-corrected chi connectivity index (χ4v) is 2.12. The molecule has 0 aromatic carbocycles. The highest BCUT2D eigenvalue weighted by Gasteiger charge is 2.36. The average Bonchev–Trinajstić information content (AvgIpc) is 2.88. The summed E-state index contributed by atoms with van der Waals surface area (Å²) < 4.78 is 1.45. The van der Waals surface area contributed by atoms with Gasteiger partial charge in [0, 0.05) is 5.92 Å². The fraction of sp³-hybridized carbons (Fsp3) is 0.800. The number of tetrazole rings is 1. The van der Waals surface area contributed by atoms with Crippen LogP contribution in [0.4, 0.5) is 0 Å². The summed E-state index contributed by atoms with van der Waals surface area (Å²) in [5.74, 6) is 0.109. The van der Waals surface area contributed by atoms with E-state index in [0.717, 1.165) is 12.8 Å². The van der Waals surface area contributed by atoms with Crippen LogP contribution in [0.1, 0.15) is 51.3 Å². The summed E-state index contributed by atoms with van der Waals surface area (Å²) in [4.78, 5) is 11.2. The summed E-state index contributed by atoms with van der Waals surface area (Å²) in [6, 6.07) is 0. The molecular weight excluding hydrogens is 208 g/mol. The molecule has 0 radical (unpaired) electrons. The molecule has 1 heterocycles. The van der Waals surface area contributed by atoms with Gasteiger partial charge >= 0.3 is 5.97 Å². The number of hydrogen-bond acceptors (Lipinski definition) is 4. The lowest BCUT2D eigenvalue weighted by Gasteiger charge is -2.22. The van der Waals surface area contributed by atoms with Crippen LogP contribution in [0.2, 0.25) is 0 Å². The van der Waals surface area contributed by atoms with Crippen LogP contribution in [-0.2, 0) is 10.3 Å². The molecule has 0 saturated heterocycles. The molecule has 1 aliphatic carbocycles. The van der Waals surface area contributed by atoms with E-state index < -0.39 is 11.5 Å². The number of carboxylic acid groups (broad SMARTS) is 1. The zero-order valence-corrected chi connectivity index (χ0v) is 9.55. The summed E-state index contributed by atoms with van der Waals surface area (Å²) in [5.41, 5.74) is -1.08. The fourth-order valence-electron chi connectivity index (χ4n) is 2.12. The average molecular weight is 224 g/mol. The molecule has 1 saturated carbocycles. The van der Waals surface area contributed by atoms with Crippen LogP contribution in [0.25, 0.3) is 0 Å². The molecule has 0 spiro atoms. The van der Waals surface area contributed by atoms with Gasteiger partial charge in [0.1, 0.15) is 0 Å². The smallest absolute Gasteiger partial charge is 0.331 e. The van der Waals surface area contributed by atoms with Crippen LogP contribution in [0, 0.1) is 0 Å². The largest absolute Gasteiger partial charge is 0.479 e. The van der Waals surface area contributed by atoms with E-state index in [1.807, 2.05) is 0 Å². The number of carboxylic acids is 1. The summed E-state index contributed by atoms with van der Waals surface area (Å²) in [5, 5.41) is 20.6. The normalized spacial score (nSPS) is 17.9. The molecule has 2 rings (SSSR count). The minimum atomic E-state index is -1.08. The number of carbonyl (C=O) groups is 1. The highest BCUT2D eigenvalue weighted by atomic mass is 16.4. The quantitative estimate of drug-likeness (QED) is 0.832. The third kappa shape index (κ3) is 1.68. The van der Waals surface area contributed by atoms with Crippen LogP contribution in [0.3, 0.4) is 0 Å². The molecule has 0 amide bonds. The lowest BCUT2D eigenvalue weighted by molar-refractivity contribution is -0.146. The Morgan fingerprint density at radius 3 is 2.62 bits per heavy atom. The Morgan fingerprint density at radius 1 is 1.44 bits per heavy atom. The van der Waals surface area contributed by atoms with E-state index in [1.165, 1.54) is 17.5 Å². The van der Waals surface area contributed by atoms with Gasteiger partial charge in [0.15, 0.2) is 11.4 Å². The van der Waals surface area contributed by atoms with Gasteiger partial charge in [-0.15, -0.1) is 5.10 Å². The Kier molecular flexibility index (Phi) is 2.65. The first kappa shape index (κ1) is 11.0. The summed E-state index contributed by atoms with van der Waals surface area (Å²) in [6.45, 7) is 3.23. The predicted molar refractivity (Wildman–Crippen MR) is 56.0 cm³/mol. The van der Waals surface area contributed by atoms with Gasteiger partial charge in [-0.1, -0.05) is 12.8 Å². The van der Waals surface area contributed by atoms with E-state index in [1.54, 1.807) is 13.8 Å². The van der Waals surface area contributed by atoms with Crippen molar-refractivity contribution < 1.29 is 9.90 Å². The van der Waals surface area contributed by atoms with Crippen LogP contribution in [0.15, 0.2) is 0 Å². The maximum atomic E-state index is 11.2. The van der Waals surface area contributed by atoms with Crippen LogP contribution in [0.5, 0.6) is 0 Å². The minimum Gasteiger partial charge on any atom is -0.479 e. The van der Waals surface area contributed by atoms with Gasteiger partial charge in [0.25, 0.3) is 0 Å². The highest BCUT2D eigenvalue weighted by Crippen LogP contribution is 2.34. The Labute approximate surface area is 93.6 Å². The number of rotatable bonds is 3. The van der Waals surface area contributed by atoms with Crippen LogP contribution >= 0.6 is 0 Å². The molecule has 88 valence electrons. The van der Waals surface area contributed by atoms with Gasteiger partial charge < -0.3 is 5.11 Å². The van der Waals surface area contributed by atoms with E-state index >= 15 is 0 Å². The number of nitrogens with zero attached hydrogens (tertiary/aromatic N) is 4. The van der Waals surface area contributed by atoms with Crippen LogP contribution < -0.4 is 0 Å². The Hall–Kier alpha value is -1.46. The zero-order valence-electron chi connectivity index (χ0n) is 9.55. The van der Waals surface area contributed by atoms with Gasteiger partial charge in [0.05, 0.1) is 0 Å². The standard InChI is InChI=1S/C10H16N4O2/c1-10(2,9(15)16)14-8(11-12-13-14)7-5-3-4-6-7/h7H,3-6H2,1-2H3,(H,15,16). The maximum absolute atomic E-state index is 11.2. The molecule has 1 aromatic rings. The van der Waals surface area contributed by atoms with Gasteiger partial charge in [-0.3, -0.25) is 0 Å². The second-order valence-corrected chi connectivity index (χ2v) is 4.79. The van der Waals surface area contributed by atoms with Crippen molar-refractivity contribution in [3.8, 4) is 0 Å². The first-order valence-electron chi connectivity index (χ1n) is 5.55. The SMILES string of the molecule is CC(C)(C(=O)O)n1nnnc1C1CCCC1. The van der Waals surface area contributed by atoms with Crippen molar-refractivity contribution in [1.29, 1.82) is 0 Å². The van der Waals surface area contributed by atoms with E-state index in [4.69, 9.17) is 5.11 Å². The van der Waals surface area contributed by atoms with E-state index in [-0.39, 0.29) is 0 Å². The minimum absolute atomic E-state index is 0.314. The zero-order chi connectivity index (χ0) is 11.8. The summed E-state index contributed by atoms with van der Waals surface area (Å²) in [6.07, 6.45) is 4.45.